The summed E-state index contributed by atoms with van der Waals surface area (Å²) >= 11 is 0. The largest absolute Gasteiger partial charge is 0.205 e. The molecule has 0 atom stereocenters. The minimum Gasteiger partial charge on any atom is -0.205 e. The summed E-state index contributed by atoms with van der Waals surface area (Å²) in [5.41, 5.74) is 4.06. The van der Waals surface area contributed by atoms with Crippen molar-refractivity contribution in [3.05, 3.63) is 95.3 Å². The second kappa shape index (κ2) is 10.6. The fourth-order valence-electron chi connectivity index (χ4n) is 5.00. The highest BCUT2D eigenvalue weighted by atomic mass is 19.1. The van der Waals surface area contributed by atoms with E-state index in [1.165, 1.54) is 43.2 Å². The lowest BCUT2D eigenvalue weighted by Gasteiger charge is -2.28. The summed E-state index contributed by atoms with van der Waals surface area (Å²) < 4.78 is 15.0. The SMILES string of the molecule is C=CCCC1CCC(c2ccc(C#Cc3ccc4cc(CCC)ccc4c3F)cc2)CC1. The molecule has 0 bridgehead atoms. The van der Waals surface area contributed by atoms with E-state index in [4.69, 9.17) is 0 Å². The van der Waals surface area contributed by atoms with E-state index in [1.54, 1.807) is 6.07 Å². The number of allylic oxidation sites excluding steroid dienone is 1. The summed E-state index contributed by atoms with van der Waals surface area (Å²) in [6.07, 6.45) is 11.8. The lowest BCUT2D eigenvalue weighted by Crippen LogP contribution is -2.13. The molecule has 1 fully saturated rings. The van der Waals surface area contributed by atoms with Crippen molar-refractivity contribution in [2.75, 3.05) is 0 Å². The van der Waals surface area contributed by atoms with Crippen molar-refractivity contribution >= 4 is 10.8 Å². The molecule has 1 heteroatoms. The lowest BCUT2D eigenvalue weighted by atomic mass is 9.77. The van der Waals surface area contributed by atoms with E-state index < -0.39 is 0 Å². The van der Waals surface area contributed by atoms with Gasteiger partial charge in [-0.1, -0.05) is 67.7 Å². The van der Waals surface area contributed by atoms with Crippen molar-refractivity contribution in [2.24, 2.45) is 5.92 Å². The number of halogens is 1. The molecule has 0 N–H and O–H groups in total. The third-order valence-electron chi connectivity index (χ3n) is 6.91. The maximum Gasteiger partial charge on any atom is 0.146 e. The summed E-state index contributed by atoms with van der Waals surface area (Å²) in [5, 5.41) is 1.60. The fourth-order valence-corrected chi connectivity index (χ4v) is 5.00. The van der Waals surface area contributed by atoms with Gasteiger partial charge in [-0.15, -0.1) is 6.58 Å². The van der Waals surface area contributed by atoms with Crippen LogP contribution in [0, 0.1) is 23.6 Å². The molecule has 0 heterocycles. The van der Waals surface area contributed by atoms with Crippen molar-refractivity contribution < 1.29 is 4.39 Å². The van der Waals surface area contributed by atoms with Gasteiger partial charge in [0.2, 0.25) is 0 Å². The minimum absolute atomic E-state index is 0.220. The molecular formula is C31H33F. The van der Waals surface area contributed by atoms with Gasteiger partial charge in [0.1, 0.15) is 5.82 Å². The van der Waals surface area contributed by atoms with Gasteiger partial charge in [0, 0.05) is 10.9 Å². The van der Waals surface area contributed by atoms with E-state index in [-0.39, 0.29) is 5.82 Å². The molecule has 3 aromatic carbocycles. The van der Waals surface area contributed by atoms with Crippen LogP contribution in [-0.4, -0.2) is 0 Å². The van der Waals surface area contributed by atoms with Gasteiger partial charge in [-0.2, -0.15) is 0 Å². The smallest absolute Gasteiger partial charge is 0.146 e. The van der Waals surface area contributed by atoms with Gasteiger partial charge in [-0.05, 0) is 91.5 Å². The van der Waals surface area contributed by atoms with E-state index in [9.17, 15) is 4.39 Å². The Morgan fingerprint density at radius 3 is 2.47 bits per heavy atom. The van der Waals surface area contributed by atoms with Crippen LogP contribution in [0.5, 0.6) is 0 Å². The Kier molecular flexibility index (Phi) is 7.43. The van der Waals surface area contributed by atoms with Gasteiger partial charge in [0.15, 0.2) is 0 Å². The molecule has 1 saturated carbocycles. The van der Waals surface area contributed by atoms with Crippen molar-refractivity contribution in [3.8, 4) is 11.8 Å². The molecule has 32 heavy (non-hydrogen) atoms. The average molecular weight is 425 g/mol. The van der Waals surface area contributed by atoms with Crippen molar-refractivity contribution in [1.82, 2.24) is 0 Å². The summed E-state index contributed by atoms with van der Waals surface area (Å²) in [6, 6.07) is 18.4. The van der Waals surface area contributed by atoms with E-state index in [0.29, 0.717) is 16.9 Å². The van der Waals surface area contributed by atoms with Crippen LogP contribution in [0.15, 0.2) is 67.3 Å². The Labute approximate surface area is 192 Å². The van der Waals surface area contributed by atoms with Crippen LogP contribution in [-0.2, 0) is 6.42 Å². The molecule has 0 amide bonds. The van der Waals surface area contributed by atoms with Crippen LogP contribution in [0.4, 0.5) is 4.39 Å². The van der Waals surface area contributed by atoms with E-state index >= 15 is 0 Å². The molecule has 0 radical (unpaired) electrons. The number of rotatable bonds is 6. The summed E-state index contributed by atoms with van der Waals surface area (Å²) in [6.45, 7) is 6.00. The highest BCUT2D eigenvalue weighted by Crippen LogP contribution is 2.37. The van der Waals surface area contributed by atoms with Crippen molar-refractivity contribution in [3.63, 3.8) is 0 Å². The third-order valence-corrected chi connectivity index (χ3v) is 6.91. The zero-order valence-electron chi connectivity index (χ0n) is 19.2. The van der Waals surface area contributed by atoms with E-state index in [1.807, 2.05) is 24.3 Å². The first kappa shape index (κ1) is 22.3. The van der Waals surface area contributed by atoms with Crippen LogP contribution in [0.1, 0.15) is 80.0 Å². The number of benzene rings is 3. The second-order valence-corrected chi connectivity index (χ2v) is 9.19. The zero-order chi connectivity index (χ0) is 22.3. The van der Waals surface area contributed by atoms with Gasteiger partial charge in [-0.25, -0.2) is 4.39 Å². The highest BCUT2D eigenvalue weighted by Gasteiger charge is 2.21. The summed E-state index contributed by atoms with van der Waals surface area (Å²) in [5.74, 6) is 7.52. The van der Waals surface area contributed by atoms with Gasteiger partial charge < -0.3 is 0 Å². The monoisotopic (exact) mass is 424 g/mol. The molecule has 0 nitrogen and oxygen atoms in total. The average Bonchev–Trinajstić information content (AvgIpc) is 2.83. The van der Waals surface area contributed by atoms with Crippen LogP contribution in [0.3, 0.4) is 0 Å². The number of aryl methyl sites for hydroxylation is 1. The number of fused-ring (bicyclic) bond motifs is 1. The maximum absolute atomic E-state index is 15.0. The molecule has 0 aromatic heterocycles. The first-order chi connectivity index (χ1) is 15.7. The Balaban J connectivity index is 1.44. The Morgan fingerprint density at radius 2 is 1.75 bits per heavy atom. The van der Waals surface area contributed by atoms with Crippen molar-refractivity contribution in [2.45, 2.75) is 64.2 Å². The molecule has 0 saturated heterocycles. The topological polar surface area (TPSA) is 0 Å². The normalized spacial score (nSPS) is 18.2. The molecule has 0 spiro atoms. The second-order valence-electron chi connectivity index (χ2n) is 9.19. The lowest BCUT2D eigenvalue weighted by molar-refractivity contribution is 0.312. The molecular weight excluding hydrogens is 391 g/mol. The molecule has 4 rings (SSSR count). The minimum atomic E-state index is -0.220. The van der Waals surface area contributed by atoms with Gasteiger partial charge in [0.05, 0.1) is 5.56 Å². The van der Waals surface area contributed by atoms with Crippen molar-refractivity contribution in [1.29, 1.82) is 0 Å². The standard InChI is InChI=1S/C31H33F/c1-3-5-7-23-8-14-26(15-9-23)27-16-10-24(11-17-27)12-18-28-19-20-29-22-25(6-4-2)13-21-30(29)31(28)32/h3,10-11,13,16-17,19-23,26H,1,4-9,14-15H2,2H3. The van der Waals surface area contributed by atoms with Gasteiger partial charge >= 0.3 is 0 Å². The Hall–Kier alpha value is -2.85. The maximum atomic E-state index is 15.0. The summed E-state index contributed by atoms with van der Waals surface area (Å²) in [4.78, 5) is 0. The quantitative estimate of drug-likeness (QED) is 0.274. The van der Waals surface area contributed by atoms with Crippen LogP contribution < -0.4 is 0 Å². The number of hydrogen-bond acceptors (Lipinski definition) is 0. The van der Waals surface area contributed by atoms with Gasteiger partial charge in [0.25, 0.3) is 0 Å². The molecule has 0 aliphatic heterocycles. The van der Waals surface area contributed by atoms with E-state index in [0.717, 1.165) is 36.1 Å². The summed E-state index contributed by atoms with van der Waals surface area (Å²) in [7, 11) is 0. The third kappa shape index (κ3) is 5.31. The predicted octanol–water partition coefficient (Wildman–Crippen LogP) is 8.57. The Bertz CT molecular complexity index is 1120. The van der Waals surface area contributed by atoms with Gasteiger partial charge in [-0.3, -0.25) is 0 Å². The zero-order valence-corrected chi connectivity index (χ0v) is 19.2. The fraction of sp³-hybridized carbons (Fsp3) is 0.355. The number of hydrogen-bond donors (Lipinski definition) is 0. The van der Waals surface area contributed by atoms with Crippen LogP contribution in [0.25, 0.3) is 10.8 Å². The Morgan fingerprint density at radius 1 is 0.969 bits per heavy atom. The first-order valence-electron chi connectivity index (χ1n) is 12.1. The molecule has 0 unspecified atom stereocenters. The predicted molar refractivity (Wildman–Crippen MR) is 134 cm³/mol. The highest BCUT2D eigenvalue weighted by molar-refractivity contribution is 5.85. The van der Waals surface area contributed by atoms with Crippen LogP contribution >= 0.6 is 0 Å². The van der Waals surface area contributed by atoms with E-state index in [2.05, 4.69) is 55.7 Å². The molecule has 1 aliphatic carbocycles. The van der Waals surface area contributed by atoms with Crippen LogP contribution in [0.2, 0.25) is 0 Å². The molecule has 3 aromatic rings. The molecule has 164 valence electrons. The molecule has 1 aliphatic rings. The first-order valence-corrected chi connectivity index (χ1v) is 12.1.